The SMILES string of the molecule is COc1ccc(-c2ccc(C(CCCO)N=[N+]=[N-])cc2)cc1. The molecule has 2 rings (SSSR count). The lowest BCUT2D eigenvalue weighted by Crippen LogP contribution is -1.96. The van der Waals surface area contributed by atoms with Gasteiger partial charge < -0.3 is 9.84 Å². The fourth-order valence-corrected chi connectivity index (χ4v) is 2.32. The van der Waals surface area contributed by atoms with Gasteiger partial charge in [0.1, 0.15) is 5.75 Å². The van der Waals surface area contributed by atoms with Crippen LogP contribution in [0.15, 0.2) is 53.6 Å². The van der Waals surface area contributed by atoms with Crippen molar-refractivity contribution in [3.8, 4) is 16.9 Å². The molecule has 1 atom stereocenters. The van der Waals surface area contributed by atoms with Crippen molar-refractivity contribution in [3.05, 3.63) is 64.5 Å². The molecule has 1 N–H and O–H groups in total. The summed E-state index contributed by atoms with van der Waals surface area (Å²) >= 11 is 0. The molecule has 5 heteroatoms. The maximum Gasteiger partial charge on any atom is 0.118 e. The first-order valence-electron chi connectivity index (χ1n) is 7.18. The largest absolute Gasteiger partial charge is 0.497 e. The Labute approximate surface area is 129 Å². The third-order valence-corrected chi connectivity index (χ3v) is 3.55. The molecule has 0 amide bonds. The molecule has 0 radical (unpaired) electrons. The van der Waals surface area contributed by atoms with E-state index < -0.39 is 0 Å². The van der Waals surface area contributed by atoms with Crippen molar-refractivity contribution in [2.75, 3.05) is 13.7 Å². The molecule has 0 spiro atoms. The van der Waals surface area contributed by atoms with Crippen molar-refractivity contribution < 1.29 is 9.84 Å². The number of nitrogens with zero attached hydrogens (tertiary/aromatic N) is 3. The summed E-state index contributed by atoms with van der Waals surface area (Å²) in [7, 11) is 1.64. The fraction of sp³-hybridized carbons (Fsp3) is 0.294. The molecule has 0 aliphatic heterocycles. The third kappa shape index (κ3) is 4.01. The molecule has 0 aliphatic carbocycles. The third-order valence-electron chi connectivity index (χ3n) is 3.55. The van der Waals surface area contributed by atoms with Crippen LogP contribution in [-0.2, 0) is 0 Å². The Bertz CT molecular complexity index is 632. The number of benzene rings is 2. The number of azide groups is 1. The molecular weight excluding hydrogens is 278 g/mol. The summed E-state index contributed by atoms with van der Waals surface area (Å²) in [5.74, 6) is 0.827. The molecule has 0 saturated carbocycles. The Hall–Kier alpha value is -2.49. The van der Waals surface area contributed by atoms with Crippen LogP contribution in [0.5, 0.6) is 5.75 Å². The van der Waals surface area contributed by atoms with Crippen molar-refractivity contribution >= 4 is 0 Å². The van der Waals surface area contributed by atoms with E-state index in [-0.39, 0.29) is 12.6 Å². The highest BCUT2D eigenvalue weighted by Crippen LogP contribution is 2.27. The molecule has 0 fully saturated rings. The summed E-state index contributed by atoms with van der Waals surface area (Å²) in [6.07, 6.45) is 1.26. The van der Waals surface area contributed by atoms with Crippen molar-refractivity contribution in [1.29, 1.82) is 0 Å². The highest BCUT2D eigenvalue weighted by atomic mass is 16.5. The highest BCUT2D eigenvalue weighted by molar-refractivity contribution is 5.64. The number of hydrogen-bond acceptors (Lipinski definition) is 3. The number of hydrogen-bond donors (Lipinski definition) is 1. The van der Waals surface area contributed by atoms with Crippen LogP contribution < -0.4 is 4.74 Å². The monoisotopic (exact) mass is 297 g/mol. The Morgan fingerprint density at radius 3 is 2.18 bits per heavy atom. The van der Waals surface area contributed by atoms with Crippen molar-refractivity contribution in [3.63, 3.8) is 0 Å². The van der Waals surface area contributed by atoms with Crippen molar-refractivity contribution in [2.24, 2.45) is 5.11 Å². The van der Waals surface area contributed by atoms with Crippen LogP contribution >= 0.6 is 0 Å². The van der Waals surface area contributed by atoms with Gasteiger partial charge in [-0.15, -0.1) is 0 Å². The standard InChI is InChI=1S/C17H19N3O2/c1-22-16-10-8-14(9-11-16)13-4-6-15(7-5-13)17(19-20-18)3-2-12-21/h4-11,17,21H,2-3,12H2,1H3. The number of aliphatic hydroxyl groups is 1. The summed E-state index contributed by atoms with van der Waals surface area (Å²) in [6, 6.07) is 15.6. The normalized spacial score (nSPS) is 11.5. The Balaban J connectivity index is 2.18. The molecule has 114 valence electrons. The second kappa shape index (κ2) is 8.08. The summed E-state index contributed by atoms with van der Waals surface area (Å²) in [4.78, 5) is 2.89. The Kier molecular flexibility index (Phi) is 5.83. The molecule has 0 saturated heterocycles. The summed E-state index contributed by atoms with van der Waals surface area (Å²) in [6.45, 7) is 0.0986. The molecule has 0 bridgehead atoms. The maximum atomic E-state index is 8.92. The first-order chi connectivity index (χ1) is 10.8. The Morgan fingerprint density at radius 1 is 1.09 bits per heavy atom. The van der Waals surface area contributed by atoms with Gasteiger partial charge in [-0.25, -0.2) is 0 Å². The van der Waals surface area contributed by atoms with Crippen LogP contribution in [-0.4, -0.2) is 18.8 Å². The quantitative estimate of drug-likeness (QED) is 0.464. The summed E-state index contributed by atoms with van der Waals surface area (Å²) < 4.78 is 5.15. The van der Waals surface area contributed by atoms with Crippen molar-refractivity contribution in [1.82, 2.24) is 0 Å². The molecule has 2 aromatic rings. The van der Waals surface area contributed by atoms with E-state index in [2.05, 4.69) is 10.0 Å². The lowest BCUT2D eigenvalue weighted by atomic mass is 9.99. The van der Waals surface area contributed by atoms with Gasteiger partial charge in [0, 0.05) is 11.5 Å². The minimum Gasteiger partial charge on any atom is -0.497 e. The van der Waals surface area contributed by atoms with Crippen LogP contribution in [0.4, 0.5) is 0 Å². The van der Waals surface area contributed by atoms with Crippen LogP contribution in [0.2, 0.25) is 0 Å². The van der Waals surface area contributed by atoms with E-state index in [0.29, 0.717) is 12.8 Å². The van der Waals surface area contributed by atoms with E-state index in [1.807, 2.05) is 48.5 Å². The van der Waals surface area contributed by atoms with Crippen LogP contribution in [0.3, 0.4) is 0 Å². The van der Waals surface area contributed by atoms with Gasteiger partial charge in [-0.05, 0) is 47.2 Å². The van der Waals surface area contributed by atoms with Gasteiger partial charge in [-0.3, -0.25) is 0 Å². The van der Waals surface area contributed by atoms with E-state index in [1.54, 1.807) is 7.11 Å². The lowest BCUT2D eigenvalue weighted by Gasteiger charge is -2.11. The molecule has 0 aromatic heterocycles. The van der Waals surface area contributed by atoms with Crippen LogP contribution in [0.1, 0.15) is 24.4 Å². The van der Waals surface area contributed by atoms with Crippen LogP contribution in [0.25, 0.3) is 21.6 Å². The number of aliphatic hydroxyl groups excluding tert-OH is 1. The zero-order valence-corrected chi connectivity index (χ0v) is 12.5. The second-order valence-corrected chi connectivity index (χ2v) is 4.94. The van der Waals surface area contributed by atoms with E-state index in [4.69, 9.17) is 15.4 Å². The van der Waals surface area contributed by atoms with E-state index in [1.165, 1.54) is 0 Å². The highest BCUT2D eigenvalue weighted by Gasteiger charge is 2.09. The van der Waals surface area contributed by atoms with E-state index in [0.717, 1.165) is 22.4 Å². The number of methoxy groups -OCH3 is 1. The zero-order chi connectivity index (χ0) is 15.8. The molecular formula is C17H19N3O2. The Morgan fingerprint density at radius 2 is 1.68 bits per heavy atom. The average molecular weight is 297 g/mol. The maximum absolute atomic E-state index is 8.92. The van der Waals surface area contributed by atoms with E-state index in [9.17, 15) is 0 Å². The predicted molar refractivity (Wildman–Crippen MR) is 86.6 cm³/mol. The predicted octanol–water partition coefficient (Wildman–Crippen LogP) is 4.49. The molecule has 0 aliphatic rings. The number of ether oxygens (including phenoxy) is 1. The number of rotatable bonds is 7. The minimum atomic E-state index is -0.234. The molecule has 2 aromatic carbocycles. The van der Waals surface area contributed by atoms with Gasteiger partial charge in [0.15, 0.2) is 0 Å². The first kappa shape index (κ1) is 15.9. The van der Waals surface area contributed by atoms with Gasteiger partial charge >= 0.3 is 0 Å². The molecule has 0 heterocycles. The average Bonchev–Trinajstić information content (AvgIpc) is 2.59. The van der Waals surface area contributed by atoms with Gasteiger partial charge in [-0.2, -0.15) is 0 Å². The smallest absolute Gasteiger partial charge is 0.118 e. The van der Waals surface area contributed by atoms with Gasteiger partial charge in [0.25, 0.3) is 0 Å². The topological polar surface area (TPSA) is 78.2 Å². The molecule has 1 unspecified atom stereocenters. The second-order valence-electron chi connectivity index (χ2n) is 4.94. The van der Waals surface area contributed by atoms with Crippen molar-refractivity contribution in [2.45, 2.75) is 18.9 Å². The fourth-order valence-electron chi connectivity index (χ4n) is 2.32. The zero-order valence-electron chi connectivity index (χ0n) is 12.5. The molecule has 5 nitrogen and oxygen atoms in total. The van der Waals surface area contributed by atoms with Gasteiger partial charge in [-0.1, -0.05) is 41.5 Å². The lowest BCUT2D eigenvalue weighted by molar-refractivity contribution is 0.280. The summed E-state index contributed by atoms with van der Waals surface area (Å²) in [5.41, 5.74) is 11.8. The van der Waals surface area contributed by atoms with Gasteiger partial charge in [0.05, 0.1) is 13.2 Å². The molecule has 22 heavy (non-hydrogen) atoms. The van der Waals surface area contributed by atoms with Crippen LogP contribution in [0, 0.1) is 0 Å². The minimum absolute atomic E-state index is 0.0986. The van der Waals surface area contributed by atoms with E-state index >= 15 is 0 Å². The van der Waals surface area contributed by atoms with Gasteiger partial charge in [0.2, 0.25) is 0 Å². The first-order valence-corrected chi connectivity index (χ1v) is 7.18. The summed E-state index contributed by atoms with van der Waals surface area (Å²) in [5, 5.41) is 12.7.